The van der Waals surface area contributed by atoms with Gasteiger partial charge in [-0.1, -0.05) is 24.3 Å². The predicted octanol–water partition coefficient (Wildman–Crippen LogP) is 3.46. The second kappa shape index (κ2) is 10.3. The fraction of sp³-hybridized carbons (Fsp3) is 0.370. The number of fused-ring (bicyclic) bond motifs is 1. The van der Waals surface area contributed by atoms with Crippen LogP contribution in [0.25, 0.3) is 0 Å². The monoisotopic (exact) mass is 470 g/mol. The zero-order valence-electron chi connectivity index (χ0n) is 20.3. The summed E-state index contributed by atoms with van der Waals surface area (Å²) in [6, 6.07) is 17.7. The normalized spacial score (nSPS) is 16.4. The predicted molar refractivity (Wildman–Crippen MR) is 134 cm³/mol. The molecule has 180 valence electrons. The fourth-order valence-electron chi connectivity index (χ4n) is 4.60. The molecule has 1 aromatic heterocycles. The topological polar surface area (TPSA) is 77.8 Å². The summed E-state index contributed by atoms with van der Waals surface area (Å²) < 4.78 is 11.9. The third-order valence-electron chi connectivity index (χ3n) is 6.61. The SMILES string of the molecule is COc1ccccc1Oc1nc(N2CCN(C)CC2)nc2c1CN(Cc1cccc(C#N)c1)CC2. The third-order valence-corrected chi connectivity index (χ3v) is 6.61. The molecule has 0 radical (unpaired) electrons. The van der Waals surface area contributed by atoms with Crippen molar-refractivity contribution in [1.29, 1.82) is 5.26 Å². The maximum atomic E-state index is 9.25. The molecule has 1 saturated heterocycles. The summed E-state index contributed by atoms with van der Waals surface area (Å²) in [6.07, 6.45) is 0.818. The lowest BCUT2D eigenvalue weighted by molar-refractivity contribution is 0.237. The highest BCUT2D eigenvalue weighted by molar-refractivity contribution is 5.47. The van der Waals surface area contributed by atoms with Gasteiger partial charge in [-0.15, -0.1) is 0 Å². The molecule has 8 nitrogen and oxygen atoms in total. The quantitative estimate of drug-likeness (QED) is 0.542. The Labute approximate surface area is 206 Å². The number of anilines is 1. The largest absolute Gasteiger partial charge is 0.493 e. The van der Waals surface area contributed by atoms with Crippen molar-refractivity contribution < 1.29 is 9.47 Å². The molecule has 2 aliphatic heterocycles. The van der Waals surface area contributed by atoms with Crippen molar-refractivity contribution in [3.05, 3.63) is 70.9 Å². The van der Waals surface area contributed by atoms with Crippen molar-refractivity contribution in [3.8, 4) is 23.4 Å². The summed E-state index contributed by atoms with van der Waals surface area (Å²) in [7, 11) is 3.78. The van der Waals surface area contributed by atoms with E-state index in [0.29, 0.717) is 29.5 Å². The standard InChI is InChI=1S/C27H30N6O2/c1-31-12-14-33(15-13-31)27-29-23-10-11-32(18-21-7-5-6-20(16-21)17-28)19-22(23)26(30-27)35-25-9-4-3-8-24(25)34-2/h3-9,16H,10-15,18-19H2,1-2H3. The highest BCUT2D eigenvalue weighted by Crippen LogP contribution is 2.35. The van der Waals surface area contributed by atoms with Crippen molar-refractivity contribution in [2.45, 2.75) is 19.5 Å². The molecule has 0 saturated carbocycles. The van der Waals surface area contributed by atoms with Crippen LogP contribution >= 0.6 is 0 Å². The number of nitrogens with zero attached hydrogens (tertiary/aromatic N) is 6. The highest BCUT2D eigenvalue weighted by atomic mass is 16.5. The third kappa shape index (κ3) is 5.21. The number of benzene rings is 2. The zero-order chi connectivity index (χ0) is 24.2. The van der Waals surface area contributed by atoms with E-state index < -0.39 is 0 Å². The molecule has 0 aliphatic carbocycles. The minimum atomic E-state index is 0.587. The van der Waals surface area contributed by atoms with Crippen LogP contribution in [0.1, 0.15) is 22.4 Å². The second-order valence-electron chi connectivity index (χ2n) is 9.07. The van der Waals surface area contributed by atoms with Crippen molar-refractivity contribution in [3.63, 3.8) is 0 Å². The number of hydrogen-bond donors (Lipinski definition) is 0. The van der Waals surface area contributed by atoms with Gasteiger partial charge in [0.15, 0.2) is 11.5 Å². The Kier molecular flexibility index (Phi) is 6.80. The van der Waals surface area contributed by atoms with Crippen LogP contribution in [0.4, 0.5) is 5.95 Å². The van der Waals surface area contributed by atoms with Gasteiger partial charge in [-0.05, 0) is 36.9 Å². The summed E-state index contributed by atoms with van der Waals surface area (Å²) in [5.41, 5.74) is 3.85. The molecule has 0 amide bonds. The zero-order valence-corrected chi connectivity index (χ0v) is 20.3. The van der Waals surface area contributed by atoms with Crippen LogP contribution in [0.3, 0.4) is 0 Å². The van der Waals surface area contributed by atoms with Crippen molar-refractivity contribution in [1.82, 2.24) is 19.8 Å². The molecule has 1 fully saturated rings. The minimum Gasteiger partial charge on any atom is -0.493 e. The molecule has 3 aromatic rings. The minimum absolute atomic E-state index is 0.587. The molecule has 0 spiro atoms. The van der Waals surface area contributed by atoms with E-state index in [9.17, 15) is 5.26 Å². The molecule has 0 N–H and O–H groups in total. The van der Waals surface area contributed by atoms with Crippen LogP contribution in [-0.4, -0.2) is 66.6 Å². The maximum absolute atomic E-state index is 9.25. The van der Waals surface area contributed by atoms with Gasteiger partial charge in [0.2, 0.25) is 11.8 Å². The smallest absolute Gasteiger partial charge is 0.229 e. The van der Waals surface area contributed by atoms with Gasteiger partial charge >= 0.3 is 0 Å². The van der Waals surface area contributed by atoms with Gasteiger partial charge in [-0.25, -0.2) is 4.98 Å². The van der Waals surface area contributed by atoms with Crippen molar-refractivity contribution >= 4 is 5.95 Å². The first-order valence-electron chi connectivity index (χ1n) is 12.0. The van der Waals surface area contributed by atoms with E-state index in [4.69, 9.17) is 19.4 Å². The Morgan fingerprint density at radius 3 is 2.54 bits per heavy atom. The van der Waals surface area contributed by atoms with Crippen LogP contribution in [0.15, 0.2) is 48.5 Å². The Morgan fingerprint density at radius 2 is 1.77 bits per heavy atom. The van der Waals surface area contributed by atoms with Crippen LogP contribution in [-0.2, 0) is 19.5 Å². The number of piperazine rings is 1. The van der Waals surface area contributed by atoms with Crippen molar-refractivity contribution in [2.24, 2.45) is 0 Å². The molecule has 2 aromatic carbocycles. The first-order valence-corrected chi connectivity index (χ1v) is 12.0. The average Bonchev–Trinajstić information content (AvgIpc) is 2.89. The number of rotatable bonds is 6. The average molecular weight is 471 g/mol. The molecule has 0 unspecified atom stereocenters. The summed E-state index contributed by atoms with van der Waals surface area (Å²) in [5, 5.41) is 9.25. The van der Waals surface area contributed by atoms with Gasteiger partial charge < -0.3 is 19.3 Å². The molecule has 3 heterocycles. The number of aromatic nitrogens is 2. The van der Waals surface area contributed by atoms with Crippen LogP contribution in [0.2, 0.25) is 0 Å². The van der Waals surface area contributed by atoms with E-state index in [2.05, 4.69) is 33.9 Å². The van der Waals surface area contributed by atoms with Gasteiger partial charge in [-0.3, -0.25) is 4.90 Å². The number of hydrogen-bond acceptors (Lipinski definition) is 8. The lowest BCUT2D eigenvalue weighted by Crippen LogP contribution is -2.45. The maximum Gasteiger partial charge on any atom is 0.229 e. The van der Waals surface area contributed by atoms with Crippen LogP contribution in [0, 0.1) is 11.3 Å². The molecule has 2 aliphatic rings. The number of para-hydroxylation sites is 2. The molecule has 35 heavy (non-hydrogen) atoms. The van der Waals surface area contributed by atoms with E-state index in [1.165, 1.54) is 0 Å². The van der Waals surface area contributed by atoms with Crippen molar-refractivity contribution in [2.75, 3.05) is 51.8 Å². The molecule has 0 bridgehead atoms. The lowest BCUT2D eigenvalue weighted by atomic mass is 10.0. The first kappa shape index (κ1) is 23.1. The fourth-order valence-corrected chi connectivity index (χ4v) is 4.60. The molecular formula is C27H30N6O2. The van der Waals surface area contributed by atoms with Gasteiger partial charge in [0.1, 0.15) is 0 Å². The second-order valence-corrected chi connectivity index (χ2v) is 9.07. The van der Waals surface area contributed by atoms with Crippen LogP contribution < -0.4 is 14.4 Å². The summed E-state index contributed by atoms with van der Waals surface area (Å²) in [6.45, 7) is 6.08. The number of ether oxygens (including phenoxy) is 2. The highest BCUT2D eigenvalue weighted by Gasteiger charge is 2.27. The van der Waals surface area contributed by atoms with E-state index >= 15 is 0 Å². The first-order chi connectivity index (χ1) is 17.1. The molecular weight excluding hydrogens is 440 g/mol. The summed E-state index contributed by atoms with van der Waals surface area (Å²) in [4.78, 5) is 16.8. The van der Waals surface area contributed by atoms with Gasteiger partial charge in [0.05, 0.1) is 30.0 Å². The number of methoxy groups -OCH3 is 1. The molecule has 8 heteroatoms. The van der Waals surface area contributed by atoms with Gasteiger partial charge in [0.25, 0.3) is 0 Å². The van der Waals surface area contributed by atoms with E-state index in [1.807, 2.05) is 42.5 Å². The Balaban J connectivity index is 1.46. The van der Waals surface area contributed by atoms with Gasteiger partial charge in [-0.2, -0.15) is 10.2 Å². The Hall–Kier alpha value is -3.67. The molecule has 0 atom stereocenters. The molecule has 5 rings (SSSR count). The van der Waals surface area contributed by atoms with Crippen LogP contribution in [0.5, 0.6) is 17.4 Å². The number of nitriles is 1. The summed E-state index contributed by atoms with van der Waals surface area (Å²) in [5.74, 6) is 2.63. The van der Waals surface area contributed by atoms with Gasteiger partial charge in [0, 0.05) is 52.2 Å². The lowest BCUT2D eigenvalue weighted by Gasteiger charge is -2.34. The number of likely N-dealkylation sites (N-methyl/N-ethyl adjacent to an activating group) is 1. The Bertz CT molecular complexity index is 1230. The van der Waals surface area contributed by atoms with E-state index in [0.717, 1.165) is 68.5 Å². The van der Waals surface area contributed by atoms with E-state index in [-0.39, 0.29) is 0 Å². The summed E-state index contributed by atoms with van der Waals surface area (Å²) >= 11 is 0. The Morgan fingerprint density at radius 1 is 0.971 bits per heavy atom. The van der Waals surface area contributed by atoms with E-state index in [1.54, 1.807) is 7.11 Å².